The van der Waals surface area contributed by atoms with Crippen molar-refractivity contribution in [2.45, 2.75) is 5.51 Å². The molecule has 0 unspecified atom stereocenters. The van der Waals surface area contributed by atoms with Crippen molar-refractivity contribution in [3.05, 3.63) is 83.9 Å². The Balaban J connectivity index is 1.46. The number of ether oxygens (including phenoxy) is 2. The summed E-state index contributed by atoms with van der Waals surface area (Å²) in [7, 11) is -6.34. The van der Waals surface area contributed by atoms with Gasteiger partial charge in [0.25, 0.3) is 11.8 Å². The molecule has 1 aliphatic rings. The van der Waals surface area contributed by atoms with Gasteiger partial charge in [0.1, 0.15) is 11.5 Å². The lowest BCUT2D eigenvalue weighted by Crippen LogP contribution is -2.44. The monoisotopic (exact) mass is 531 g/mol. The van der Waals surface area contributed by atoms with E-state index in [4.69, 9.17) is 9.47 Å². The van der Waals surface area contributed by atoms with Gasteiger partial charge < -0.3 is 9.47 Å². The molecule has 4 aromatic carbocycles. The average Bonchev–Trinajstić information content (AvgIpc) is 2.84. The Hall–Kier alpha value is -4.49. The van der Waals surface area contributed by atoms with Crippen LogP contribution in [0.3, 0.4) is 0 Å². The van der Waals surface area contributed by atoms with Crippen molar-refractivity contribution in [1.29, 1.82) is 0 Å². The van der Waals surface area contributed by atoms with Gasteiger partial charge in [-0.05, 0) is 46.5 Å². The smallest absolute Gasteiger partial charge is 0.395 e. The molecule has 1 heterocycles. The van der Waals surface area contributed by atoms with E-state index in [1.54, 1.807) is 24.3 Å². The zero-order valence-electron chi connectivity index (χ0n) is 18.2. The number of alkyl halides is 3. The number of hydrogen-bond acceptors (Lipinski definition) is 8. The van der Waals surface area contributed by atoms with Crippen molar-refractivity contribution in [2.24, 2.45) is 0 Å². The maximum Gasteiger partial charge on any atom is 0.525 e. The lowest BCUT2D eigenvalue weighted by Gasteiger charge is -2.25. The summed E-state index contributed by atoms with van der Waals surface area (Å²) in [5.74, 6) is -3.02. The predicted octanol–water partition coefficient (Wildman–Crippen LogP) is 4.95. The number of fused-ring (bicyclic) bond motifs is 1. The molecule has 0 bridgehead atoms. The molecule has 9 nitrogen and oxygen atoms in total. The second-order valence-corrected chi connectivity index (χ2v) is 9.24. The topological polar surface area (TPSA) is 116 Å². The third kappa shape index (κ3) is 4.34. The van der Waals surface area contributed by atoms with Crippen LogP contribution in [0.15, 0.2) is 72.8 Å². The summed E-state index contributed by atoms with van der Waals surface area (Å²) in [6, 6.07) is 18.4. The van der Waals surface area contributed by atoms with E-state index >= 15 is 0 Å². The van der Waals surface area contributed by atoms with Gasteiger partial charge >= 0.3 is 21.8 Å². The Morgan fingerprint density at radius 1 is 0.730 bits per heavy atom. The van der Waals surface area contributed by atoms with Crippen LogP contribution in [0.2, 0.25) is 0 Å². The number of hydroxylamine groups is 2. The third-order valence-corrected chi connectivity index (χ3v) is 6.27. The molecular weight excluding hydrogens is 519 g/mol. The zero-order valence-corrected chi connectivity index (χ0v) is 19.0. The van der Waals surface area contributed by atoms with E-state index < -0.39 is 44.2 Å². The summed E-state index contributed by atoms with van der Waals surface area (Å²) >= 11 is 0. The quantitative estimate of drug-likeness (QED) is 0.157. The maximum atomic E-state index is 12.8. The van der Waals surface area contributed by atoms with Gasteiger partial charge in [0.15, 0.2) is 0 Å². The highest BCUT2D eigenvalue weighted by molar-refractivity contribution is 7.87. The van der Waals surface area contributed by atoms with Crippen LogP contribution in [0.1, 0.15) is 20.7 Å². The summed E-state index contributed by atoms with van der Waals surface area (Å²) in [6.45, 7) is 0. The van der Waals surface area contributed by atoms with E-state index in [2.05, 4.69) is 4.28 Å². The van der Waals surface area contributed by atoms with Crippen molar-refractivity contribution in [1.82, 2.24) is 5.06 Å². The molecule has 1 aliphatic heterocycles. The molecule has 5 rings (SSSR count). The van der Waals surface area contributed by atoms with Crippen LogP contribution in [-0.2, 0) is 14.4 Å². The minimum absolute atomic E-state index is 0.0111. The van der Waals surface area contributed by atoms with Gasteiger partial charge in [-0.2, -0.15) is 21.6 Å². The number of nitrogens with zero attached hydrogens (tertiary/aromatic N) is 1. The molecule has 37 heavy (non-hydrogen) atoms. The fourth-order valence-corrected chi connectivity index (χ4v) is 4.19. The highest BCUT2D eigenvalue weighted by atomic mass is 32.2. The fraction of sp³-hybridized carbons (Fsp3) is 0.0417. The Morgan fingerprint density at radius 2 is 1.35 bits per heavy atom. The maximum absolute atomic E-state index is 12.8. The number of carbonyl (C=O) groups excluding carboxylic acids is 3. The molecule has 0 aromatic heterocycles. The van der Waals surface area contributed by atoms with Crippen LogP contribution in [0.4, 0.5) is 18.0 Å². The summed E-state index contributed by atoms with van der Waals surface area (Å²) < 4.78 is 75.5. The van der Waals surface area contributed by atoms with Gasteiger partial charge in [-0.3, -0.25) is 9.59 Å². The number of hydrogen-bond donors (Lipinski definition) is 0. The molecule has 0 aliphatic carbocycles. The van der Waals surface area contributed by atoms with Gasteiger partial charge in [0.05, 0.1) is 11.1 Å². The Kier molecular flexibility index (Phi) is 5.61. The lowest BCUT2D eigenvalue weighted by atomic mass is 9.95. The third-order valence-electron chi connectivity index (χ3n) is 5.36. The predicted molar refractivity (Wildman–Crippen MR) is 121 cm³/mol. The molecule has 0 spiro atoms. The van der Waals surface area contributed by atoms with Gasteiger partial charge in [0.2, 0.25) is 0 Å². The Bertz CT molecular complexity index is 1730. The molecular formula is C24H12F3NO8S. The summed E-state index contributed by atoms with van der Waals surface area (Å²) in [4.78, 5) is 37.9. The van der Waals surface area contributed by atoms with E-state index in [0.717, 1.165) is 16.8 Å². The molecule has 0 fully saturated rings. The Morgan fingerprint density at radius 3 is 2.08 bits per heavy atom. The first-order chi connectivity index (χ1) is 17.4. The number of imide groups is 1. The number of halogens is 3. The second-order valence-electron chi connectivity index (χ2n) is 7.72. The van der Waals surface area contributed by atoms with E-state index in [-0.39, 0.29) is 27.8 Å². The van der Waals surface area contributed by atoms with E-state index in [1.807, 2.05) is 12.1 Å². The molecule has 2 amide bonds. The van der Waals surface area contributed by atoms with Gasteiger partial charge in [-0.15, -0.1) is 9.35 Å². The number of rotatable bonds is 4. The number of amides is 2. The minimum Gasteiger partial charge on any atom is -0.395 e. The van der Waals surface area contributed by atoms with E-state index in [0.29, 0.717) is 0 Å². The first kappa shape index (κ1) is 24.2. The summed E-state index contributed by atoms with van der Waals surface area (Å²) in [5.41, 5.74) is -6.62. The van der Waals surface area contributed by atoms with Crippen LogP contribution >= 0.6 is 0 Å². The van der Waals surface area contributed by atoms with Gasteiger partial charge in [-0.1, -0.05) is 42.5 Å². The first-order valence-corrected chi connectivity index (χ1v) is 11.7. The first-order valence-electron chi connectivity index (χ1n) is 10.3. The van der Waals surface area contributed by atoms with Crippen LogP contribution in [0.25, 0.3) is 21.5 Å². The van der Waals surface area contributed by atoms with Gasteiger partial charge in [0, 0.05) is 5.39 Å². The van der Waals surface area contributed by atoms with Crippen LogP contribution < -0.4 is 9.47 Å². The summed E-state index contributed by atoms with van der Waals surface area (Å²) in [6.07, 6.45) is -1.19. The molecule has 13 heteroatoms. The molecule has 188 valence electrons. The summed E-state index contributed by atoms with van der Waals surface area (Å²) in [5, 5.41) is 1.41. The van der Waals surface area contributed by atoms with Crippen molar-refractivity contribution in [2.75, 3.05) is 0 Å². The van der Waals surface area contributed by atoms with Crippen LogP contribution in [0.5, 0.6) is 11.5 Å². The molecule has 0 saturated carbocycles. The second kappa shape index (κ2) is 8.57. The van der Waals surface area contributed by atoms with Crippen molar-refractivity contribution < 1.29 is 49.7 Å². The molecule has 0 radical (unpaired) electrons. The fourth-order valence-electron chi connectivity index (χ4n) is 3.77. The van der Waals surface area contributed by atoms with E-state index in [9.17, 15) is 36.0 Å². The zero-order chi connectivity index (χ0) is 26.5. The minimum atomic E-state index is -6.34. The molecule has 0 atom stereocenters. The molecule has 0 saturated heterocycles. The highest BCUT2D eigenvalue weighted by Gasteiger charge is 2.51. The highest BCUT2D eigenvalue weighted by Crippen LogP contribution is 2.35. The van der Waals surface area contributed by atoms with Crippen LogP contribution in [0, 0.1) is 0 Å². The Labute approximate surface area is 205 Å². The van der Waals surface area contributed by atoms with Crippen LogP contribution in [-0.4, -0.2) is 37.0 Å². The normalized spacial score (nSPS) is 13.8. The SMILES string of the molecule is O=C(Oc1ccc2ccccc2c1)Oc1cc2c3c(cccc3c1)C(=O)N(OS(=O)(=O)C(F)(F)F)C2=O. The molecule has 0 N–H and O–H groups in total. The van der Waals surface area contributed by atoms with E-state index in [1.165, 1.54) is 30.3 Å². The number of benzene rings is 4. The molecule has 4 aromatic rings. The largest absolute Gasteiger partial charge is 0.525 e. The van der Waals surface area contributed by atoms with Gasteiger partial charge in [-0.25, -0.2) is 4.79 Å². The van der Waals surface area contributed by atoms with Crippen molar-refractivity contribution >= 4 is 49.6 Å². The van der Waals surface area contributed by atoms with Crippen molar-refractivity contribution in [3.8, 4) is 11.5 Å². The van der Waals surface area contributed by atoms with Crippen molar-refractivity contribution in [3.63, 3.8) is 0 Å². The number of carbonyl (C=O) groups is 3. The average molecular weight is 531 g/mol. The standard InChI is InChI=1S/C24H12F3NO8S/c25-24(26,27)37(32,33)36-28-21(29)18-7-3-6-15-11-17(12-19(20(15)18)22(28)30)35-23(31)34-16-9-8-13-4-1-2-5-14(13)10-16/h1-12H. The lowest BCUT2D eigenvalue weighted by molar-refractivity contribution is -0.0761.